The smallest absolute Gasteiger partial charge is 0.367 e. The van der Waals surface area contributed by atoms with Crippen LogP contribution in [-0.2, 0) is 19.6 Å². The molecular formula is C10H14N5O7P. The number of ether oxygens (including phenoxy) is 1. The number of fused-ring (bicyclic) bond motifs is 1. The van der Waals surface area contributed by atoms with Gasteiger partial charge in [-0.1, -0.05) is 0 Å². The third kappa shape index (κ3) is 2.60. The zero-order valence-electron chi connectivity index (χ0n) is 11.6. The number of aromatic amines is 1. The first-order chi connectivity index (χ1) is 10.7. The predicted molar refractivity (Wildman–Crippen MR) is 73.8 cm³/mol. The molecule has 1 saturated heterocycles. The first-order valence-electron chi connectivity index (χ1n) is 6.43. The Kier molecular flexibility index (Phi) is 3.65. The quantitative estimate of drug-likeness (QED) is 0.385. The van der Waals surface area contributed by atoms with Gasteiger partial charge >= 0.3 is 7.82 Å². The summed E-state index contributed by atoms with van der Waals surface area (Å²) in [7, 11) is -4.82. The molecule has 0 spiro atoms. The van der Waals surface area contributed by atoms with E-state index >= 15 is 0 Å². The molecule has 0 amide bonds. The largest absolute Gasteiger partial charge is 0.469 e. The van der Waals surface area contributed by atoms with Crippen LogP contribution in [0, 0.1) is 0 Å². The van der Waals surface area contributed by atoms with Crippen LogP contribution in [-0.4, -0.2) is 53.4 Å². The monoisotopic (exact) mass is 347 g/mol. The maximum absolute atomic E-state index is 11.7. The van der Waals surface area contributed by atoms with Gasteiger partial charge < -0.3 is 24.6 Å². The Bertz CT molecular complexity index is 845. The SMILES string of the molecule is NC1(COP(=O)(O)O)OCCC1(O)n1cnc2c(=O)[nH]cnc21. The second-order valence-corrected chi connectivity index (χ2v) is 6.33. The highest BCUT2D eigenvalue weighted by Gasteiger charge is 2.56. The highest BCUT2D eigenvalue weighted by Crippen LogP contribution is 2.43. The van der Waals surface area contributed by atoms with Crippen LogP contribution in [0.2, 0.25) is 0 Å². The number of imidazole rings is 1. The molecular weight excluding hydrogens is 333 g/mol. The van der Waals surface area contributed by atoms with Crippen LogP contribution in [0.3, 0.4) is 0 Å². The van der Waals surface area contributed by atoms with Gasteiger partial charge in [0, 0.05) is 6.42 Å². The fourth-order valence-electron chi connectivity index (χ4n) is 2.48. The number of nitrogens with one attached hydrogen (secondary N) is 1. The molecule has 2 unspecified atom stereocenters. The molecule has 1 fully saturated rings. The number of H-pyrrole nitrogens is 1. The summed E-state index contributed by atoms with van der Waals surface area (Å²) in [5.41, 5.74) is 1.55. The number of hydrogen-bond acceptors (Lipinski definition) is 8. The summed E-state index contributed by atoms with van der Waals surface area (Å²) in [6.45, 7) is -0.781. The summed E-state index contributed by atoms with van der Waals surface area (Å²) in [4.78, 5) is 39.5. The van der Waals surface area contributed by atoms with Crippen LogP contribution in [0.25, 0.3) is 11.2 Å². The number of hydrogen-bond donors (Lipinski definition) is 5. The molecule has 2 aromatic rings. The summed E-state index contributed by atoms with van der Waals surface area (Å²) in [5, 5.41) is 10.9. The topological polar surface area (TPSA) is 186 Å². The average molecular weight is 347 g/mol. The molecule has 2 atom stereocenters. The molecule has 12 nitrogen and oxygen atoms in total. The highest BCUT2D eigenvalue weighted by molar-refractivity contribution is 7.46. The van der Waals surface area contributed by atoms with Crippen molar-refractivity contribution < 1.29 is 28.7 Å². The number of rotatable bonds is 4. The summed E-state index contributed by atoms with van der Waals surface area (Å²) >= 11 is 0. The lowest BCUT2D eigenvalue weighted by Gasteiger charge is -2.37. The maximum atomic E-state index is 11.7. The van der Waals surface area contributed by atoms with Crippen molar-refractivity contribution in [2.45, 2.75) is 17.9 Å². The molecule has 13 heteroatoms. The summed E-state index contributed by atoms with van der Waals surface area (Å²) in [6.07, 6.45) is 2.26. The van der Waals surface area contributed by atoms with Crippen molar-refractivity contribution in [1.29, 1.82) is 0 Å². The maximum Gasteiger partial charge on any atom is 0.469 e. The predicted octanol–water partition coefficient (Wildman–Crippen LogP) is -2.05. The molecule has 6 N–H and O–H groups in total. The minimum absolute atomic E-state index is 0.000380. The van der Waals surface area contributed by atoms with E-state index in [0.717, 1.165) is 17.2 Å². The van der Waals surface area contributed by atoms with Crippen molar-refractivity contribution in [2.75, 3.05) is 13.2 Å². The van der Waals surface area contributed by atoms with Crippen LogP contribution < -0.4 is 11.3 Å². The van der Waals surface area contributed by atoms with Crippen LogP contribution >= 0.6 is 7.82 Å². The number of phosphoric ester groups is 1. The molecule has 0 aromatic carbocycles. The minimum Gasteiger partial charge on any atom is -0.367 e. The van der Waals surface area contributed by atoms with Crippen LogP contribution in [0.5, 0.6) is 0 Å². The lowest BCUT2D eigenvalue weighted by molar-refractivity contribution is -0.179. The van der Waals surface area contributed by atoms with E-state index in [2.05, 4.69) is 19.5 Å². The van der Waals surface area contributed by atoms with E-state index in [1.165, 1.54) is 0 Å². The second kappa shape index (κ2) is 5.18. The molecule has 3 heterocycles. The Morgan fingerprint density at radius 1 is 1.52 bits per heavy atom. The lowest BCUT2D eigenvalue weighted by Crippen LogP contribution is -2.61. The molecule has 0 bridgehead atoms. The lowest BCUT2D eigenvalue weighted by atomic mass is 10.0. The highest BCUT2D eigenvalue weighted by atomic mass is 31.2. The van der Waals surface area contributed by atoms with Crippen molar-refractivity contribution >= 4 is 19.0 Å². The van der Waals surface area contributed by atoms with E-state index in [0.29, 0.717) is 0 Å². The summed E-state index contributed by atoms with van der Waals surface area (Å²) in [5.74, 6) is 0. The molecule has 0 saturated carbocycles. The molecule has 2 aromatic heterocycles. The first kappa shape index (κ1) is 16.2. The van der Waals surface area contributed by atoms with Crippen LogP contribution in [0.15, 0.2) is 17.4 Å². The van der Waals surface area contributed by atoms with E-state index in [1.54, 1.807) is 0 Å². The Morgan fingerprint density at radius 3 is 2.96 bits per heavy atom. The standard InChI is InChI=1S/C10H14N5O7P/c11-9(3-22-23(18,19)20)10(17,1-2-21-9)15-5-14-6-7(15)12-4-13-8(6)16/h4-5,17H,1-3,11H2,(H,12,13,16)(H2,18,19,20). The van der Waals surface area contributed by atoms with Crippen molar-refractivity contribution in [3.05, 3.63) is 23.0 Å². The molecule has 23 heavy (non-hydrogen) atoms. The zero-order chi connectivity index (χ0) is 16.9. The molecule has 126 valence electrons. The van der Waals surface area contributed by atoms with Crippen LogP contribution in [0.1, 0.15) is 6.42 Å². The van der Waals surface area contributed by atoms with Gasteiger partial charge in [-0.25, -0.2) is 14.5 Å². The fourth-order valence-corrected chi connectivity index (χ4v) is 2.84. The molecule has 1 aliphatic rings. The second-order valence-electron chi connectivity index (χ2n) is 5.09. The summed E-state index contributed by atoms with van der Waals surface area (Å²) < 4.78 is 21.7. The third-order valence-corrected chi connectivity index (χ3v) is 4.14. The van der Waals surface area contributed by atoms with Gasteiger partial charge in [-0.2, -0.15) is 0 Å². The van der Waals surface area contributed by atoms with Gasteiger partial charge in [0.05, 0.1) is 19.3 Å². The average Bonchev–Trinajstić information content (AvgIpc) is 3.01. The first-order valence-corrected chi connectivity index (χ1v) is 7.96. The Balaban J connectivity index is 2.06. The van der Waals surface area contributed by atoms with E-state index in [1.807, 2.05) is 0 Å². The Labute approximate surface area is 128 Å². The molecule has 3 rings (SSSR count). The molecule has 0 aliphatic carbocycles. The van der Waals surface area contributed by atoms with Gasteiger partial charge in [0.1, 0.15) is 6.61 Å². The number of nitrogens with two attached hydrogens (primary N) is 1. The summed E-state index contributed by atoms with van der Waals surface area (Å²) in [6, 6.07) is 0. The van der Waals surface area contributed by atoms with Crippen molar-refractivity contribution in [1.82, 2.24) is 19.5 Å². The van der Waals surface area contributed by atoms with Crippen molar-refractivity contribution in [3.8, 4) is 0 Å². The Morgan fingerprint density at radius 2 is 2.26 bits per heavy atom. The van der Waals surface area contributed by atoms with Gasteiger partial charge in [0.15, 0.2) is 22.6 Å². The van der Waals surface area contributed by atoms with Gasteiger partial charge in [-0.05, 0) is 0 Å². The van der Waals surface area contributed by atoms with Gasteiger partial charge in [-0.15, -0.1) is 0 Å². The molecule has 0 radical (unpaired) electrons. The van der Waals surface area contributed by atoms with Crippen LogP contribution in [0.4, 0.5) is 0 Å². The number of aliphatic hydroxyl groups is 1. The number of aromatic nitrogens is 4. The number of nitrogens with zero attached hydrogens (tertiary/aromatic N) is 3. The van der Waals surface area contributed by atoms with Crippen molar-refractivity contribution in [3.63, 3.8) is 0 Å². The van der Waals surface area contributed by atoms with Gasteiger partial charge in [0.25, 0.3) is 5.56 Å². The zero-order valence-corrected chi connectivity index (χ0v) is 12.5. The van der Waals surface area contributed by atoms with Gasteiger partial charge in [0.2, 0.25) is 0 Å². The number of phosphoric acid groups is 1. The third-order valence-electron chi connectivity index (χ3n) is 3.67. The van der Waals surface area contributed by atoms with E-state index in [-0.39, 0.29) is 24.2 Å². The Hall–Kier alpha value is -1.66. The van der Waals surface area contributed by atoms with Crippen molar-refractivity contribution in [2.24, 2.45) is 5.73 Å². The fraction of sp³-hybridized carbons (Fsp3) is 0.500. The molecule has 1 aliphatic heterocycles. The van der Waals surface area contributed by atoms with E-state index < -0.39 is 31.4 Å². The normalized spacial score (nSPS) is 28.5. The van der Waals surface area contributed by atoms with E-state index in [4.69, 9.17) is 20.3 Å². The van der Waals surface area contributed by atoms with E-state index in [9.17, 15) is 14.5 Å². The minimum atomic E-state index is -4.82. The van der Waals surface area contributed by atoms with Gasteiger partial charge in [-0.3, -0.25) is 19.6 Å².